The maximum atomic E-state index is 12.6. The molecule has 0 aliphatic carbocycles. The molecule has 0 saturated carbocycles. The van der Waals surface area contributed by atoms with E-state index in [1.54, 1.807) is 4.90 Å². The smallest absolute Gasteiger partial charge is 0.410 e. The molecule has 1 heterocycles. The summed E-state index contributed by atoms with van der Waals surface area (Å²) < 4.78 is 11.7. The average molecular weight is 378 g/mol. The average Bonchev–Trinajstić information content (AvgIpc) is 2.58. The highest BCUT2D eigenvalue weighted by molar-refractivity contribution is 6.74. The molecule has 1 aromatic carbocycles. The van der Waals surface area contributed by atoms with Crippen molar-refractivity contribution >= 4 is 20.2 Å². The number of piperidine rings is 1. The quantitative estimate of drug-likeness (QED) is 0.715. The predicted molar refractivity (Wildman–Crippen MR) is 105 cm³/mol. The van der Waals surface area contributed by atoms with Crippen LogP contribution >= 0.6 is 0 Å². The van der Waals surface area contributed by atoms with Gasteiger partial charge in [0.1, 0.15) is 12.6 Å². The predicted octanol–water partition coefficient (Wildman–Crippen LogP) is 4.38. The molecule has 0 radical (unpaired) electrons. The minimum atomic E-state index is -1.98. The van der Waals surface area contributed by atoms with Crippen LogP contribution < -0.4 is 0 Å². The minimum Gasteiger partial charge on any atom is -0.445 e. The molecule has 0 bridgehead atoms. The number of Topliss-reactive ketones (excluding diaryl/α,β-unsaturated/α-hetero) is 1. The zero-order valence-electron chi connectivity index (χ0n) is 16.6. The number of ether oxygens (including phenoxy) is 1. The van der Waals surface area contributed by atoms with Crippen molar-refractivity contribution in [3.05, 3.63) is 35.9 Å². The summed E-state index contributed by atoms with van der Waals surface area (Å²) in [6.07, 6.45) is 0.731. The van der Waals surface area contributed by atoms with Crippen LogP contribution in [0, 0.1) is 0 Å². The molecule has 0 spiro atoms. The summed E-state index contributed by atoms with van der Waals surface area (Å²) in [7, 11) is -1.98. The van der Waals surface area contributed by atoms with Crippen molar-refractivity contribution in [2.24, 2.45) is 0 Å². The third-order valence-corrected chi connectivity index (χ3v) is 9.92. The fraction of sp³-hybridized carbons (Fsp3) is 0.600. The number of carbonyl (C=O) groups is 2. The van der Waals surface area contributed by atoms with Gasteiger partial charge in [0.05, 0.1) is 6.61 Å². The Hall–Kier alpha value is -1.66. The van der Waals surface area contributed by atoms with Gasteiger partial charge in [-0.3, -0.25) is 9.69 Å². The van der Waals surface area contributed by atoms with Crippen LogP contribution in [0.15, 0.2) is 30.3 Å². The summed E-state index contributed by atoms with van der Waals surface area (Å²) in [5.74, 6) is 0.0617. The van der Waals surface area contributed by atoms with Gasteiger partial charge in [0.25, 0.3) is 0 Å². The lowest BCUT2D eigenvalue weighted by molar-refractivity contribution is -0.127. The van der Waals surface area contributed by atoms with Crippen molar-refractivity contribution in [2.75, 3.05) is 13.2 Å². The van der Waals surface area contributed by atoms with E-state index < -0.39 is 20.5 Å². The van der Waals surface area contributed by atoms with E-state index in [1.807, 2.05) is 30.3 Å². The highest BCUT2D eigenvalue weighted by Gasteiger charge is 2.40. The minimum absolute atomic E-state index is 0.0589. The van der Waals surface area contributed by atoms with Gasteiger partial charge in [0.15, 0.2) is 14.1 Å². The molecule has 5 nitrogen and oxygen atoms in total. The third-order valence-electron chi connectivity index (χ3n) is 5.42. The Morgan fingerprint density at radius 1 is 1.23 bits per heavy atom. The van der Waals surface area contributed by atoms with E-state index in [0.717, 1.165) is 5.56 Å². The molecule has 2 rings (SSSR count). The highest BCUT2D eigenvalue weighted by Crippen LogP contribution is 2.36. The Labute approximate surface area is 157 Å². The molecule has 0 aromatic heterocycles. The molecule has 1 aromatic rings. The maximum Gasteiger partial charge on any atom is 0.410 e. The van der Waals surface area contributed by atoms with Crippen molar-refractivity contribution in [3.63, 3.8) is 0 Å². The number of ketones is 1. The first kappa shape index (κ1) is 20.6. The molecule has 1 saturated heterocycles. The van der Waals surface area contributed by atoms with E-state index >= 15 is 0 Å². The van der Waals surface area contributed by atoms with Gasteiger partial charge >= 0.3 is 6.09 Å². The summed E-state index contributed by atoms with van der Waals surface area (Å²) in [4.78, 5) is 26.5. The van der Waals surface area contributed by atoms with Crippen LogP contribution in [0.2, 0.25) is 18.1 Å². The van der Waals surface area contributed by atoms with Crippen LogP contribution in [-0.4, -0.2) is 44.3 Å². The first-order valence-corrected chi connectivity index (χ1v) is 12.2. The second kappa shape index (κ2) is 8.35. The van der Waals surface area contributed by atoms with Gasteiger partial charge < -0.3 is 9.16 Å². The van der Waals surface area contributed by atoms with Gasteiger partial charge in [0, 0.05) is 13.0 Å². The standard InChI is InChI=1S/C20H31NO4Si/c1-20(2,3)26(4,5)25-15-17-18(22)12-9-13-21(17)19(23)24-14-16-10-7-6-8-11-16/h6-8,10-11,17H,9,12-15H2,1-5H3. The number of benzene rings is 1. The lowest BCUT2D eigenvalue weighted by atomic mass is 10.0. The zero-order chi connectivity index (χ0) is 19.4. The largest absolute Gasteiger partial charge is 0.445 e. The molecule has 1 unspecified atom stereocenters. The van der Waals surface area contributed by atoms with Gasteiger partial charge in [0.2, 0.25) is 0 Å². The van der Waals surface area contributed by atoms with Crippen LogP contribution in [0.1, 0.15) is 39.2 Å². The lowest BCUT2D eigenvalue weighted by Crippen LogP contribution is -2.53. The van der Waals surface area contributed by atoms with E-state index in [1.165, 1.54) is 0 Å². The fourth-order valence-corrected chi connectivity index (χ4v) is 3.63. The summed E-state index contributed by atoms with van der Waals surface area (Å²) >= 11 is 0. The zero-order valence-corrected chi connectivity index (χ0v) is 17.6. The highest BCUT2D eigenvalue weighted by atomic mass is 28.4. The van der Waals surface area contributed by atoms with Gasteiger partial charge in [-0.1, -0.05) is 51.1 Å². The van der Waals surface area contributed by atoms with E-state index in [0.29, 0.717) is 19.4 Å². The molecule has 0 N–H and O–H groups in total. The van der Waals surface area contributed by atoms with Gasteiger partial charge in [-0.15, -0.1) is 0 Å². The second-order valence-corrected chi connectivity index (χ2v) is 13.2. The van der Waals surface area contributed by atoms with Crippen molar-refractivity contribution in [3.8, 4) is 0 Å². The van der Waals surface area contributed by atoms with E-state index in [-0.39, 0.29) is 24.0 Å². The van der Waals surface area contributed by atoms with Crippen molar-refractivity contribution in [1.82, 2.24) is 4.90 Å². The van der Waals surface area contributed by atoms with Crippen molar-refractivity contribution in [1.29, 1.82) is 0 Å². The monoisotopic (exact) mass is 377 g/mol. The molecular weight excluding hydrogens is 346 g/mol. The maximum absolute atomic E-state index is 12.6. The molecule has 144 valence electrons. The third kappa shape index (κ3) is 5.17. The summed E-state index contributed by atoms with van der Waals surface area (Å²) in [6, 6.07) is 9.01. The first-order valence-electron chi connectivity index (χ1n) is 9.26. The Balaban J connectivity index is 2.00. The van der Waals surface area contributed by atoms with E-state index in [9.17, 15) is 9.59 Å². The summed E-state index contributed by atoms with van der Waals surface area (Å²) in [5.41, 5.74) is 0.929. The molecule has 6 heteroatoms. The molecule has 1 amide bonds. The van der Waals surface area contributed by atoms with E-state index in [2.05, 4.69) is 33.9 Å². The SMILES string of the molecule is CC(C)(C)[Si](C)(C)OCC1C(=O)CCCN1C(=O)OCc1ccccc1. The Kier molecular flexibility index (Phi) is 6.63. The number of hydrogen-bond acceptors (Lipinski definition) is 4. The van der Waals surface area contributed by atoms with Crippen molar-refractivity contribution in [2.45, 2.75) is 64.4 Å². The normalized spacial score (nSPS) is 18.7. The van der Waals surface area contributed by atoms with Crippen LogP contribution in [0.3, 0.4) is 0 Å². The Bertz CT molecular complexity index is 624. The van der Waals surface area contributed by atoms with E-state index in [4.69, 9.17) is 9.16 Å². The topological polar surface area (TPSA) is 55.8 Å². The first-order chi connectivity index (χ1) is 12.1. The second-order valence-electron chi connectivity index (χ2n) is 8.39. The van der Waals surface area contributed by atoms with Gasteiger partial charge in [-0.2, -0.15) is 0 Å². The lowest BCUT2D eigenvalue weighted by Gasteiger charge is -2.40. The molecule has 1 atom stereocenters. The summed E-state index contributed by atoms with van der Waals surface area (Å²) in [6.45, 7) is 11.8. The van der Waals surface area contributed by atoms with Crippen LogP contribution in [-0.2, 0) is 20.6 Å². The molecular formula is C20H31NO4Si. The fourth-order valence-electron chi connectivity index (χ4n) is 2.63. The Morgan fingerprint density at radius 2 is 1.88 bits per heavy atom. The van der Waals surface area contributed by atoms with Gasteiger partial charge in [-0.05, 0) is 30.1 Å². The summed E-state index contributed by atoms with van der Waals surface area (Å²) in [5, 5.41) is 0.0589. The number of rotatable bonds is 5. The molecule has 1 fully saturated rings. The number of amides is 1. The Morgan fingerprint density at radius 3 is 2.50 bits per heavy atom. The van der Waals surface area contributed by atoms with Crippen LogP contribution in [0.5, 0.6) is 0 Å². The van der Waals surface area contributed by atoms with Crippen LogP contribution in [0.25, 0.3) is 0 Å². The number of carbonyl (C=O) groups excluding carboxylic acids is 2. The molecule has 1 aliphatic rings. The number of hydrogen-bond donors (Lipinski definition) is 0. The van der Waals surface area contributed by atoms with Gasteiger partial charge in [-0.25, -0.2) is 4.79 Å². The number of nitrogens with zero attached hydrogens (tertiary/aromatic N) is 1. The molecule has 26 heavy (non-hydrogen) atoms. The van der Waals surface area contributed by atoms with Crippen molar-refractivity contribution < 1.29 is 18.8 Å². The number of likely N-dealkylation sites (tertiary alicyclic amines) is 1. The van der Waals surface area contributed by atoms with Crippen LogP contribution in [0.4, 0.5) is 4.79 Å². The molecule has 1 aliphatic heterocycles.